The first kappa shape index (κ1) is 18.1. The number of hydrogen-bond donors (Lipinski definition) is 2. The predicted molar refractivity (Wildman–Crippen MR) is 99.6 cm³/mol. The molecule has 1 amide bonds. The molecule has 0 radical (unpaired) electrons. The number of ether oxygens (including phenoxy) is 3. The third-order valence-electron chi connectivity index (χ3n) is 3.98. The van der Waals surface area contributed by atoms with Crippen LogP contribution in [0.15, 0.2) is 54.2 Å². The Labute approximate surface area is 157 Å². The van der Waals surface area contributed by atoms with E-state index in [2.05, 4.69) is 10.6 Å². The number of hydrogen-bond acceptors (Lipinski definition) is 6. The fourth-order valence-corrected chi connectivity index (χ4v) is 2.50. The van der Waals surface area contributed by atoms with Crippen molar-refractivity contribution in [2.75, 3.05) is 25.8 Å². The molecule has 2 aromatic carbocycles. The maximum Gasteiger partial charge on any atom is 0.263 e. The second kappa shape index (κ2) is 8.63. The molecule has 1 heterocycles. The summed E-state index contributed by atoms with van der Waals surface area (Å²) in [5.41, 5.74) is 1.75. The van der Waals surface area contributed by atoms with Crippen molar-refractivity contribution in [2.24, 2.45) is 0 Å². The number of nitriles is 1. The Kier molecular flexibility index (Phi) is 5.80. The number of rotatable bonds is 7. The molecule has 7 heteroatoms. The molecule has 0 aliphatic carbocycles. The van der Waals surface area contributed by atoms with Gasteiger partial charge >= 0.3 is 0 Å². The van der Waals surface area contributed by atoms with Crippen LogP contribution in [0.1, 0.15) is 5.56 Å². The number of nitrogens with zero attached hydrogens (tertiary/aromatic N) is 1. The van der Waals surface area contributed by atoms with Crippen LogP contribution in [0.25, 0.3) is 0 Å². The van der Waals surface area contributed by atoms with Crippen molar-refractivity contribution in [3.05, 3.63) is 59.8 Å². The molecule has 1 aliphatic heterocycles. The van der Waals surface area contributed by atoms with Crippen LogP contribution < -0.4 is 24.8 Å². The van der Waals surface area contributed by atoms with Crippen LogP contribution in [-0.4, -0.2) is 26.4 Å². The van der Waals surface area contributed by atoms with Crippen LogP contribution in [0, 0.1) is 11.3 Å². The van der Waals surface area contributed by atoms with Gasteiger partial charge in [0.1, 0.15) is 17.4 Å². The Bertz CT molecular complexity index is 885. The lowest BCUT2D eigenvalue weighted by Gasteiger charge is -2.07. The van der Waals surface area contributed by atoms with Crippen molar-refractivity contribution < 1.29 is 19.0 Å². The quantitative estimate of drug-likeness (QED) is 0.579. The second-order valence-electron chi connectivity index (χ2n) is 5.74. The average molecular weight is 365 g/mol. The molecule has 0 fully saturated rings. The summed E-state index contributed by atoms with van der Waals surface area (Å²) in [5, 5.41) is 14.9. The van der Waals surface area contributed by atoms with Gasteiger partial charge in [0.15, 0.2) is 11.5 Å². The number of carbonyl (C=O) groups excluding carboxylic acids is 1. The van der Waals surface area contributed by atoms with E-state index in [9.17, 15) is 10.1 Å². The van der Waals surface area contributed by atoms with E-state index >= 15 is 0 Å². The fourth-order valence-electron chi connectivity index (χ4n) is 2.50. The van der Waals surface area contributed by atoms with E-state index in [-0.39, 0.29) is 12.4 Å². The number of carbonyl (C=O) groups is 1. The van der Waals surface area contributed by atoms with Crippen LogP contribution in [0.3, 0.4) is 0 Å². The highest BCUT2D eigenvalue weighted by atomic mass is 16.7. The normalized spacial score (nSPS) is 12.2. The second-order valence-corrected chi connectivity index (χ2v) is 5.74. The summed E-state index contributed by atoms with van der Waals surface area (Å²) in [6.07, 6.45) is 2.03. The minimum Gasteiger partial charge on any atom is -0.497 e. The van der Waals surface area contributed by atoms with Crippen molar-refractivity contribution in [1.82, 2.24) is 5.32 Å². The van der Waals surface area contributed by atoms with Gasteiger partial charge in [-0.05, 0) is 36.2 Å². The van der Waals surface area contributed by atoms with E-state index < -0.39 is 5.91 Å². The van der Waals surface area contributed by atoms with Gasteiger partial charge in [0.05, 0.1) is 7.11 Å². The van der Waals surface area contributed by atoms with Crippen molar-refractivity contribution in [2.45, 2.75) is 6.42 Å². The number of amides is 1. The first-order valence-electron chi connectivity index (χ1n) is 8.37. The molecule has 0 aromatic heterocycles. The highest BCUT2D eigenvalue weighted by Gasteiger charge is 2.13. The number of nitrogens with one attached hydrogen (secondary N) is 2. The summed E-state index contributed by atoms with van der Waals surface area (Å²) < 4.78 is 15.6. The minimum absolute atomic E-state index is 0.0117. The lowest BCUT2D eigenvalue weighted by molar-refractivity contribution is -0.117. The number of benzene rings is 2. The van der Waals surface area contributed by atoms with Gasteiger partial charge in [0.2, 0.25) is 6.79 Å². The van der Waals surface area contributed by atoms with Crippen LogP contribution in [0.4, 0.5) is 5.69 Å². The largest absolute Gasteiger partial charge is 0.497 e. The lowest BCUT2D eigenvalue weighted by Crippen LogP contribution is -2.27. The molecule has 0 bridgehead atoms. The van der Waals surface area contributed by atoms with Gasteiger partial charge < -0.3 is 24.8 Å². The molecule has 3 rings (SSSR count). The van der Waals surface area contributed by atoms with Gasteiger partial charge in [-0.25, -0.2) is 0 Å². The Morgan fingerprint density at radius 1 is 1.22 bits per heavy atom. The number of fused-ring (bicyclic) bond motifs is 1. The number of anilines is 1. The smallest absolute Gasteiger partial charge is 0.263 e. The first-order chi connectivity index (χ1) is 13.2. The Morgan fingerprint density at radius 2 is 2.00 bits per heavy atom. The molecular weight excluding hydrogens is 346 g/mol. The highest BCUT2D eigenvalue weighted by Crippen LogP contribution is 2.34. The van der Waals surface area contributed by atoms with Crippen LogP contribution in [0.2, 0.25) is 0 Å². The average Bonchev–Trinajstić information content (AvgIpc) is 3.17. The molecule has 1 aliphatic rings. The maximum atomic E-state index is 12.2. The summed E-state index contributed by atoms with van der Waals surface area (Å²) in [6, 6.07) is 14.8. The Hall–Kier alpha value is -3.66. The maximum absolute atomic E-state index is 12.2. The van der Waals surface area contributed by atoms with Gasteiger partial charge in [0.25, 0.3) is 5.91 Å². The zero-order chi connectivity index (χ0) is 19.1. The van der Waals surface area contributed by atoms with E-state index in [0.29, 0.717) is 30.2 Å². The Balaban J connectivity index is 1.52. The summed E-state index contributed by atoms with van der Waals surface area (Å²) in [4.78, 5) is 12.2. The summed E-state index contributed by atoms with van der Waals surface area (Å²) in [7, 11) is 1.61. The van der Waals surface area contributed by atoms with Crippen LogP contribution in [-0.2, 0) is 11.2 Å². The van der Waals surface area contributed by atoms with Gasteiger partial charge in [-0.15, -0.1) is 0 Å². The molecule has 27 heavy (non-hydrogen) atoms. The lowest BCUT2D eigenvalue weighted by atomic mass is 10.1. The minimum atomic E-state index is -0.431. The molecule has 0 atom stereocenters. The van der Waals surface area contributed by atoms with Crippen LogP contribution in [0.5, 0.6) is 17.2 Å². The van der Waals surface area contributed by atoms with Crippen molar-refractivity contribution in [3.8, 4) is 23.3 Å². The third kappa shape index (κ3) is 4.70. The molecule has 0 unspecified atom stereocenters. The molecule has 138 valence electrons. The topological polar surface area (TPSA) is 92.6 Å². The first-order valence-corrected chi connectivity index (χ1v) is 8.37. The molecule has 2 N–H and O–H groups in total. The zero-order valence-corrected chi connectivity index (χ0v) is 14.8. The standard InChI is InChI=1S/C20H19N3O4/c1-25-17-5-2-14(3-6-17)8-9-22-20(24)15(11-21)12-23-16-4-7-18-19(10-16)27-13-26-18/h2-7,10,12,23H,8-9,13H2,1H3,(H,22,24)/b15-12-. The van der Waals surface area contributed by atoms with Crippen molar-refractivity contribution >= 4 is 11.6 Å². The van der Waals surface area contributed by atoms with E-state index in [1.807, 2.05) is 30.3 Å². The molecule has 0 saturated heterocycles. The fraction of sp³-hybridized carbons (Fsp3) is 0.200. The SMILES string of the molecule is COc1ccc(CCNC(=O)/C(C#N)=C\Nc2ccc3c(c2)OCO3)cc1. The molecular formula is C20H19N3O4. The predicted octanol–water partition coefficient (Wildman–Crippen LogP) is 2.60. The van der Waals surface area contributed by atoms with E-state index in [0.717, 1.165) is 11.3 Å². The molecule has 2 aromatic rings. The summed E-state index contributed by atoms with van der Waals surface area (Å²) in [6.45, 7) is 0.614. The molecule has 7 nitrogen and oxygen atoms in total. The van der Waals surface area contributed by atoms with Crippen LogP contribution >= 0.6 is 0 Å². The summed E-state index contributed by atoms with van der Waals surface area (Å²) in [5.74, 6) is 1.64. The van der Waals surface area contributed by atoms with Gasteiger partial charge in [-0.2, -0.15) is 5.26 Å². The van der Waals surface area contributed by atoms with Crippen molar-refractivity contribution in [3.63, 3.8) is 0 Å². The molecule has 0 spiro atoms. The van der Waals surface area contributed by atoms with Gasteiger partial charge in [0, 0.05) is 24.5 Å². The highest BCUT2D eigenvalue weighted by molar-refractivity contribution is 5.97. The molecule has 0 saturated carbocycles. The monoisotopic (exact) mass is 365 g/mol. The van der Waals surface area contributed by atoms with E-state index in [1.54, 1.807) is 25.3 Å². The van der Waals surface area contributed by atoms with Gasteiger partial charge in [-0.1, -0.05) is 12.1 Å². The van der Waals surface area contributed by atoms with Crippen molar-refractivity contribution in [1.29, 1.82) is 5.26 Å². The van der Waals surface area contributed by atoms with E-state index in [4.69, 9.17) is 14.2 Å². The third-order valence-corrected chi connectivity index (χ3v) is 3.98. The van der Waals surface area contributed by atoms with Gasteiger partial charge in [-0.3, -0.25) is 4.79 Å². The summed E-state index contributed by atoms with van der Waals surface area (Å²) >= 11 is 0. The zero-order valence-electron chi connectivity index (χ0n) is 14.8. The number of methoxy groups -OCH3 is 1. The van der Waals surface area contributed by atoms with E-state index in [1.165, 1.54) is 6.20 Å². The Morgan fingerprint density at radius 3 is 2.74 bits per heavy atom.